The Hall–Kier alpha value is -2.08. The van der Waals surface area contributed by atoms with Gasteiger partial charge in [0.2, 0.25) is 0 Å². The topological polar surface area (TPSA) is 48.1 Å². The van der Waals surface area contributed by atoms with E-state index in [0.717, 1.165) is 17.7 Å². The van der Waals surface area contributed by atoms with E-state index in [1.165, 1.54) is 12.1 Å². The standard InChI is InChI=1S/C15H15F3N2O/c16-15(17,18)13-1-3-14(4-2-13)21-10-12(9-19)11-5-7-20-8-6-11/h1-8,12H,9-10,19H2. The summed E-state index contributed by atoms with van der Waals surface area (Å²) in [5.41, 5.74) is 5.99. The highest BCUT2D eigenvalue weighted by molar-refractivity contribution is 5.29. The lowest BCUT2D eigenvalue weighted by atomic mass is 10.0. The maximum absolute atomic E-state index is 12.4. The molecule has 0 saturated heterocycles. The Balaban J connectivity index is 1.99. The molecule has 0 aliphatic rings. The molecule has 0 spiro atoms. The highest BCUT2D eigenvalue weighted by atomic mass is 19.4. The monoisotopic (exact) mass is 296 g/mol. The first-order chi connectivity index (χ1) is 10.0. The predicted molar refractivity (Wildman–Crippen MR) is 73.0 cm³/mol. The second-order valence-corrected chi connectivity index (χ2v) is 4.55. The third-order valence-electron chi connectivity index (χ3n) is 3.09. The number of hydrogen-bond acceptors (Lipinski definition) is 3. The van der Waals surface area contributed by atoms with Crippen LogP contribution in [0, 0.1) is 0 Å². The number of pyridine rings is 1. The number of aromatic nitrogens is 1. The third-order valence-corrected chi connectivity index (χ3v) is 3.09. The van der Waals surface area contributed by atoms with Gasteiger partial charge >= 0.3 is 6.18 Å². The van der Waals surface area contributed by atoms with Gasteiger partial charge in [-0.1, -0.05) is 0 Å². The summed E-state index contributed by atoms with van der Waals surface area (Å²) >= 11 is 0. The molecule has 21 heavy (non-hydrogen) atoms. The van der Waals surface area contributed by atoms with Crippen LogP contribution < -0.4 is 10.5 Å². The minimum Gasteiger partial charge on any atom is -0.493 e. The zero-order valence-corrected chi connectivity index (χ0v) is 11.2. The number of halogens is 3. The van der Waals surface area contributed by atoms with E-state index in [2.05, 4.69) is 4.98 Å². The molecule has 0 fully saturated rings. The fourth-order valence-electron chi connectivity index (χ4n) is 1.87. The first-order valence-corrected chi connectivity index (χ1v) is 6.40. The quantitative estimate of drug-likeness (QED) is 0.921. The molecule has 1 aromatic heterocycles. The summed E-state index contributed by atoms with van der Waals surface area (Å²) in [5, 5.41) is 0. The van der Waals surface area contributed by atoms with Crippen molar-refractivity contribution in [2.24, 2.45) is 5.73 Å². The lowest BCUT2D eigenvalue weighted by molar-refractivity contribution is -0.137. The SMILES string of the molecule is NCC(COc1ccc(C(F)(F)F)cc1)c1ccncc1. The summed E-state index contributed by atoms with van der Waals surface area (Å²) in [5.74, 6) is 0.353. The Morgan fingerprint density at radius 1 is 1.05 bits per heavy atom. The van der Waals surface area contributed by atoms with Crippen LogP contribution >= 0.6 is 0 Å². The average molecular weight is 296 g/mol. The molecule has 0 aliphatic heterocycles. The Kier molecular flexibility index (Phi) is 4.80. The van der Waals surface area contributed by atoms with Crippen molar-refractivity contribution in [3.8, 4) is 5.75 Å². The molecule has 1 unspecified atom stereocenters. The minimum absolute atomic E-state index is 0.0321. The van der Waals surface area contributed by atoms with Gasteiger partial charge in [-0.05, 0) is 42.0 Å². The van der Waals surface area contributed by atoms with Crippen LogP contribution in [0.4, 0.5) is 13.2 Å². The molecular formula is C15H15F3N2O. The molecule has 112 valence electrons. The molecule has 0 aliphatic carbocycles. The summed E-state index contributed by atoms with van der Waals surface area (Å²) in [7, 11) is 0. The van der Waals surface area contributed by atoms with Crippen LogP contribution in [-0.2, 0) is 6.18 Å². The zero-order chi connectivity index (χ0) is 15.3. The normalized spacial score (nSPS) is 13.0. The van der Waals surface area contributed by atoms with Crippen LogP contribution in [0.15, 0.2) is 48.8 Å². The van der Waals surface area contributed by atoms with E-state index in [1.807, 2.05) is 12.1 Å². The van der Waals surface area contributed by atoms with E-state index in [0.29, 0.717) is 18.9 Å². The number of rotatable bonds is 5. The van der Waals surface area contributed by atoms with Gasteiger partial charge in [-0.3, -0.25) is 4.98 Å². The lowest BCUT2D eigenvalue weighted by Gasteiger charge is -2.16. The molecule has 0 amide bonds. The van der Waals surface area contributed by atoms with Crippen molar-refractivity contribution in [3.05, 3.63) is 59.9 Å². The van der Waals surface area contributed by atoms with Gasteiger partial charge in [0.25, 0.3) is 0 Å². The molecule has 0 radical (unpaired) electrons. The minimum atomic E-state index is -4.34. The predicted octanol–water partition coefficient (Wildman–Crippen LogP) is 3.22. The number of hydrogen-bond donors (Lipinski definition) is 1. The van der Waals surface area contributed by atoms with Crippen molar-refractivity contribution in [1.82, 2.24) is 4.98 Å². The molecule has 0 saturated carbocycles. The third kappa shape index (κ3) is 4.19. The van der Waals surface area contributed by atoms with Crippen LogP contribution in [0.25, 0.3) is 0 Å². The van der Waals surface area contributed by atoms with Crippen molar-refractivity contribution in [2.45, 2.75) is 12.1 Å². The Labute approximate surface area is 120 Å². The van der Waals surface area contributed by atoms with Gasteiger partial charge in [0.15, 0.2) is 0 Å². The highest BCUT2D eigenvalue weighted by Crippen LogP contribution is 2.30. The van der Waals surface area contributed by atoms with Crippen LogP contribution in [0.2, 0.25) is 0 Å². The largest absolute Gasteiger partial charge is 0.493 e. The number of nitrogens with two attached hydrogens (primary N) is 1. The van der Waals surface area contributed by atoms with Crippen molar-refractivity contribution < 1.29 is 17.9 Å². The van der Waals surface area contributed by atoms with Crippen molar-refractivity contribution in [1.29, 1.82) is 0 Å². The zero-order valence-electron chi connectivity index (χ0n) is 11.2. The van der Waals surface area contributed by atoms with Crippen LogP contribution in [-0.4, -0.2) is 18.1 Å². The lowest BCUT2D eigenvalue weighted by Crippen LogP contribution is -2.19. The van der Waals surface area contributed by atoms with Crippen LogP contribution in [0.1, 0.15) is 17.0 Å². The van der Waals surface area contributed by atoms with E-state index < -0.39 is 11.7 Å². The number of nitrogens with zero attached hydrogens (tertiary/aromatic N) is 1. The molecule has 2 rings (SSSR count). The van der Waals surface area contributed by atoms with E-state index in [9.17, 15) is 13.2 Å². The van der Waals surface area contributed by atoms with Gasteiger partial charge < -0.3 is 10.5 Å². The van der Waals surface area contributed by atoms with Gasteiger partial charge in [0.1, 0.15) is 5.75 Å². The maximum atomic E-state index is 12.4. The second-order valence-electron chi connectivity index (χ2n) is 4.55. The van der Waals surface area contributed by atoms with E-state index in [-0.39, 0.29) is 5.92 Å². The van der Waals surface area contributed by atoms with Crippen LogP contribution in [0.5, 0.6) is 5.75 Å². The smallest absolute Gasteiger partial charge is 0.416 e. The maximum Gasteiger partial charge on any atom is 0.416 e. The molecule has 2 N–H and O–H groups in total. The van der Waals surface area contributed by atoms with E-state index in [4.69, 9.17) is 10.5 Å². The fraction of sp³-hybridized carbons (Fsp3) is 0.267. The molecule has 2 aromatic rings. The van der Waals surface area contributed by atoms with Gasteiger partial charge in [0, 0.05) is 24.9 Å². The van der Waals surface area contributed by atoms with E-state index >= 15 is 0 Å². The summed E-state index contributed by atoms with van der Waals surface area (Å²) in [6.07, 6.45) is -1.01. The summed E-state index contributed by atoms with van der Waals surface area (Å²) in [6, 6.07) is 8.30. The highest BCUT2D eigenvalue weighted by Gasteiger charge is 2.30. The molecule has 3 nitrogen and oxygen atoms in total. The number of benzene rings is 1. The fourth-order valence-corrected chi connectivity index (χ4v) is 1.87. The van der Waals surface area contributed by atoms with Gasteiger partial charge in [-0.2, -0.15) is 13.2 Å². The first-order valence-electron chi connectivity index (χ1n) is 6.40. The first kappa shape index (κ1) is 15.3. The number of alkyl halides is 3. The Morgan fingerprint density at radius 2 is 1.67 bits per heavy atom. The van der Waals surface area contributed by atoms with E-state index in [1.54, 1.807) is 12.4 Å². The molecule has 6 heteroatoms. The molecule has 1 atom stereocenters. The van der Waals surface area contributed by atoms with Crippen molar-refractivity contribution in [2.75, 3.05) is 13.2 Å². The molecular weight excluding hydrogens is 281 g/mol. The Morgan fingerprint density at radius 3 is 2.19 bits per heavy atom. The second kappa shape index (κ2) is 6.58. The number of ether oxygens (including phenoxy) is 1. The molecule has 1 heterocycles. The Bertz CT molecular complexity index is 555. The summed E-state index contributed by atoms with van der Waals surface area (Å²) < 4.78 is 42.9. The van der Waals surface area contributed by atoms with Gasteiger partial charge in [-0.15, -0.1) is 0 Å². The molecule has 0 bridgehead atoms. The van der Waals surface area contributed by atoms with Crippen LogP contribution in [0.3, 0.4) is 0 Å². The van der Waals surface area contributed by atoms with Crippen molar-refractivity contribution in [3.63, 3.8) is 0 Å². The summed E-state index contributed by atoms with van der Waals surface area (Å²) in [6.45, 7) is 0.677. The van der Waals surface area contributed by atoms with Gasteiger partial charge in [-0.25, -0.2) is 0 Å². The van der Waals surface area contributed by atoms with Gasteiger partial charge in [0.05, 0.1) is 12.2 Å². The average Bonchev–Trinajstić information content (AvgIpc) is 2.48. The van der Waals surface area contributed by atoms with Crippen molar-refractivity contribution >= 4 is 0 Å². The molecule has 1 aromatic carbocycles. The summed E-state index contributed by atoms with van der Waals surface area (Å²) in [4.78, 5) is 3.92.